The van der Waals surface area contributed by atoms with Crippen LogP contribution in [-0.4, -0.2) is 31.8 Å². The molecule has 1 aliphatic heterocycles. The van der Waals surface area contributed by atoms with Crippen LogP contribution >= 0.6 is 11.3 Å². The predicted octanol–water partition coefficient (Wildman–Crippen LogP) is 3.99. The molecule has 1 aromatic heterocycles. The fraction of sp³-hybridized carbons (Fsp3) is 0.300. The molecule has 0 saturated heterocycles. The highest BCUT2D eigenvalue weighted by Gasteiger charge is 2.45. The van der Waals surface area contributed by atoms with Gasteiger partial charge in [-0.05, 0) is 56.7 Å². The van der Waals surface area contributed by atoms with Gasteiger partial charge in [0, 0.05) is 16.7 Å². The second kappa shape index (κ2) is 6.73. The molecule has 0 saturated carbocycles. The summed E-state index contributed by atoms with van der Waals surface area (Å²) >= 11 is 1.25. The van der Waals surface area contributed by atoms with Gasteiger partial charge in [-0.1, -0.05) is 6.92 Å². The smallest absolute Gasteiger partial charge is 0.211 e. The molecule has 0 amide bonds. The Kier molecular flexibility index (Phi) is 4.86. The molecule has 0 aliphatic carbocycles. The highest BCUT2D eigenvalue weighted by Crippen LogP contribution is 2.44. The number of hydrogen-bond donors (Lipinski definition) is 0. The summed E-state index contributed by atoms with van der Waals surface area (Å²) in [7, 11) is -3.31. The summed E-state index contributed by atoms with van der Waals surface area (Å²) in [5.41, 5.74) is 0.0743. The van der Waals surface area contributed by atoms with Crippen molar-refractivity contribution in [2.45, 2.75) is 37.7 Å². The molecule has 1 aromatic carbocycles. The number of benzene rings is 1. The normalized spacial score (nSPS) is 20.1. The van der Waals surface area contributed by atoms with Gasteiger partial charge in [-0.3, -0.25) is 9.59 Å². The van der Waals surface area contributed by atoms with Gasteiger partial charge in [0.25, 0.3) is 0 Å². The lowest BCUT2D eigenvalue weighted by atomic mass is 9.93. The zero-order valence-corrected chi connectivity index (χ0v) is 17.2. The van der Waals surface area contributed by atoms with Crippen LogP contribution in [-0.2, 0) is 19.4 Å². The highest BCUT2D eigenvalue weighted by atomic mass is 32.2. The fourth-order valence-corrected chi connectivity index (χ4v) is 4.44. The van der Waals surface area contributed by atoms with Crippen LogP contribution < -0.4 is 0 Å². The van der Waals surface area contributed by atoms with Crippen LogP contribution in [0.5, 0.6) is 0 Å². The van der Waals surface area contributed by atoms with Gasteiger partial charge in [-0.25, -0.2) is 8.42 Å². The maximum Gasteiger partial charge on any atom is 0.211 e. The lowest BCUT2D eigenvalue weighted by molar-refractivity contribution is -0.126. The quantitative estimate of drug-likeness (QED) is 0.704. The van der Waals surface area contributed by atoms with Gasteiger partial charge in [0.15, 0.2) is 21.2 Å². The summed E-state index contributed by atoms with van der Waals surface area (Å²) in [6.07, 6.45) is 1.64. The lowest BCUT2D eigenvalue weighted by Crippen LogP contribution is -2.32. The first-order valence-electron chi connectivity index (χ1n) is 8.46. The van der Waals surface area contributed by atoms with E-state index in [9.17, 15) is 18.0 Å². The van der Waals surface area contributed by atoms with Gasteiger partial charge in [0.05, 0.1) is 15.3 Å². The average Bonchev–Trinajstić information content (AvgIpc) is 3.19. The Morgan fingerprint density at radius 3 is 2.26 bits per heavy atom. The number of carbonyl (C=O) groups is 2. The molecule has 1 aliphatic rings. The Labute approximate surface area is 162 Å². The molecule has 3 rings (SSSR count). The maximum atomic E-state index is 13.1. The largest absolute Gasteiger partial charge is 0.478 e. The molecule has 0 N–H and O–H groups in total. The van der Waals surface area contributed by atoms with Crippen molar-refractivity contribution in [3.8, 4) is 0 Å². The molecule has 142 valence electrons. The van der Waals surface area contributed by atoms with Crippen molar-refractivity contribution in [1.29, 1.82) is 0 Å². The summed E-state index contributed by atoms with van der Waals surface area (Å²) in [6, 6.07) is 9.74. The first-order chi connectivity index (χ1) is 12.6. The van der Waals surface area contributed by atoms with E-state index in [4.69, 9.17) is 4.74 Å². The van der Waals surface area contributed by atoms with Crippen molar-refractivity contribution in [2.75, 3.05) is 6.26 Å². The number of carbonyl (C=O) groups excluding carboxylic acids is 2. The van der Waals surface area contributed by atoms with Crippen molar-refractivity contribution >= 4 is 44.1 Å². The Hall–Kier alpha value is -2.25. The lowest BCUT2D eigenvalue weighted by Gasteiger charge is -2.21. The summed E-state index contributed by atoms with van der Waals surface area (Å²) in [5, 5.41) is 0. The SMILES string of the molecule is CCC1(C)OC(c2ccc(S(C)(=O)=O)cc2)=C(c2ccc(C(C)=O)s2)C1=O. The van der Waals surface area contributed by atoms with Crippen molar-refractivity contribution < 1.29 is 22.7 Å². The van der Waals surface area contributed by atoms with Crippen LogP contribution in [0, 0.1) is 0 Å². The summed E-state index contributed by atoms with van der Waals surface area (Å²) in [6.45, 7) is 5.10. The van der Waals surface area contributed by atoms with Crippen molar-refractivity contribution in [3.63, 3.8) is 0 Å². The molecular formula is C20H20O5S2. The topological polar surface area (TPSA) is 77.5 Å². The Balaban J connectivity index is 2.15. The first kappa shape index (κ1) is 19.5. The van der Waals surface area contributed by atoms with Crippen molar-refractivity contribution in [2.24, 2.45) is 0 Å². The fourth-order valence-electron chi connectivity index (χ4n) is 2.86. The van der Waals surface area contributed by atoms with Crippen LogP contribution in [0.2, 0.25) is 0 Å². The van der Waals surface area contributed by atoms with Gasteiger partial charge in [0.1, 0.15) is 5.76 Å². The van der Waals surface area contributed by atoms with E-state index in [-0.39, 0.29) is 16.5 Å². The molecule has 2 aromatic rings. The highest BCUT2D eigenvalue weighted by molar-refractivity contribution is 7.90. The number of ether oxygens (including phenoxy) is 1. The standard InChI is InChI=1S/C20H20O5S2/c1-5-20(3)19(22)17(16-11-10-15(26-16)12(2)21)18(25-20)13-6-8-14(9-7-13)27(4,23)24/h6-11H,5H2,1-4H3. The van der Waals surface area contributed by atoms with Crippen LogP contribution in [0.4, 0.5) is 0 Å². The molecule has 1 atom stereocenters. The van der Waals surface area contributed by atoms with E-state index in [1.54, 1.807) is 31.2 Å². The summed E-state index contributed by atoms with van der Waals surface area (Å²) < 4.78 is 29.4. The number of Topliss-reactive ketones (excluding diaryl/α,β-unsaturated/α-hetero) is 2. The minimum absolute atomic E-state index is 0.0597. The monoisotopic (exact) mass is 404 g/mol. The maximum absolute atomic E-state index is 13.1. The molecule has 5 nitrogen and oxygen atoms in total. The zero-order valence-electron chi connectivity index (χ0n) is 15.5. The molecule has 0 fully saturated rings. The van der Waals surface area contributed by atoms with Gasteiger partial charge >= 0.3 is 0 Å². The van der Waals surface area contributed by atoms with Crippen molar-refractivity contribution in [3.05, 3.63) is 51.7 Å². The molecule has 1 unspecified atom stereocenters. The van der Waals surface area contributed by atoms with E-state index in [1.165, 1.54) is 30.4 Å². The van der Waals surface area contributed by atoms with Gasteiger partial charge < -0.3 is 4.74 Å². The van der Waals surface area contributed by atoms with Crippen molar-refractivity contribution in [1.82, 2.24) is 0 Å². The van der Waals surface area contributed by atoms with Crippen LogP contribution in [0.15, 0.2) is 41.3 Å². The molecule has 7 heteroatoms. The Morgan fingerprint density at radius 2 is 1.78 bits per heavy atom. The number of sulfone groups is 1. The second-order valence-corrected chi connectivity index (χ2v) is 9.84. The average molecular weight is 405 g/mol. The third kappa shape index (κ3) is 3.49. The summed E-state index contributed by atoms with van der Waals surface area (Å²) in [5.74, 6) is 0.223. The van der Waals surface area contributed by atoms with E-state index < -0.39 is 15.4 Å². The molecular weight excluding hydrogens is 384 g/mol. The van der Waals surface area contributed by atoms with Crippen LogP contribution in [0.25, 0.3) is 11.3 Å². The van der Waals surface area contributed by atoms with E-state index in [0.717, 1.165) is 6.26 Å². The number of ketones is 2. The molecule has 2 heterocycles. The number of thiophene rings is 1. The zero-order chi connectivity index (χ0) is 20.0. The van der Waals surface area contributed by atoms with E-state index in [0.29, 0.717) is 33.1 Å². The van der Waals surface area contributed by atoms with E-state index >= 15 is 0 Å². The second-order valence-electron chi connectivity index (χ2n) is 6.74. The van der Waals surface area contributed by atoms with Gasteiger partial charge in [-0.15, -0.1) is 11.3 Å². The van der Waals surface area contributed by atoms with Crippen LogP contribution in [0.1, 0.15) is 47.3 Å². The third-order valence-corrected chi connectivity index (χ3v) is 7.01. The Morgan fingerprint density at radius 1 is 1.15 bits per heavy atom. The first-order valence-corrected chi connectivity index (χ1v) is 11.2. The van der Waals surface area contributed by atoms with Gasteiger partial charge in [0.2, 0.25) is 5.78 Å². The third-order valence-electron chi connectivity index (χ3n) is 4.68. The van der Waals surface area contributed by atoms with Crippen LogP contribution in [0.3, 0.4) is 0 Å². The van der Waals surface area contributed by atoms with E-state index in [2.05, 4.69) is 0 Å². The molecule has 27 heavy (non-hydrogen) atoms. The molecule has 0 spiro atoms. The Bertz CT molecular complexity index is 1060. The van der Waals surface area contributed by atoms with Gasteiger partial charge in [-0.2, -0.15) is 0 Å². The predicted molar refractivity (Wildman–Crippen MR) is 105 cm³/mol. The number of hydrogen-bond acceptors (Lipinski definition) is 6. The minimum atomic E-state index is -3.31. The minimum Gasteiger partial charge on any atom is -0.478 e. The molecule has 0 radical (unpaired) electrons. The summed E-state index contributed by atoms with van der Waals surface area (Å²) in [4.78, 5) is 26.2. The van der Waals surface area contributed by atoms with E-state index in [1.807, 2.05) is 6.92 Å². The number of rotatable bonds is 5. The molecule has 0 bridgehead atoms.